The number of hydrogen-bond acceptors (Lipinski definition) is 3. The van der Waals surface area contributed by atoms with Gasteiger partial charge in [0.2, 0.25) is 0 Å². The van der Waals surface area contributed by atoms with E-state index >= 15 is 0 Å². The summed E-state index contributed by atoms with van der Waals surface area (Å²) in [6.45, 7) is 8.69. The summed E-state index contributed by atoms with van der Waals surface area (Å²) >= 11 is 0. The minimum atomic E-state index is 0.607. The fourth-order valence-corrected chi connectivity index (χ4v) is 1.93. The highest BCUT2D eigenvalue weighted by Crippen LogP contribution is 2.09. The van der Waals surface area contributed by atoms with E-state index in [4.69, 9.17) is 0 Å². The molecule has 0 aromatic carbocycles. The Morgan fingerprint density at radius 3 is 3.14 bits per heavy atom. The molecule has 0 radical (unpaired) electrons. The maximum atomic E-state index is 4.04. The molecule has 1 aromatic heterocycles. The second-order valence-corrected chi connectivity index (χ2v) is 4.11. The molecule has 2 heterocycles. The average molecular weight is 194 g/mol. The van der Waals surface area contributed by atoms with Gasteiger partial charge in [0.05, 0.1) is 6.20 Å². The van der Waals surface area contributed by atoms with E-state index in [0.717, 1.165) is 26.2 Å². The molecule has 0 amide bonds. The van der Waals surface area contributed by atoms with Crippen molar-refractivity contribution in [2.75, 3.05) is 19.6 Å². The Kier molecular flexibility index (Phi) is 2.84. The van der Waals surface area contributed by atoms with Crippen LogP contribution in [0, 0.1) is 6.92 Å². The van der Waals surface area contributed by atoms with Crippen molar-refractivity contribution >= 4 is 0 Å². The Morgan fingerprint density at radius 2 is 2.50 bits per heavy atom. The summed E-state index contributed by atoms with van der Waals surface area (Å²) in [7, 11) is 0. The molecule has 0 bridgehead atoms. The van der Waals surface area contributed by atoms with Crippen LogP contribution in [0.25, 0.3) is 0 Å². The van der Waals surface area contributed by atoms with Gasteiger partial charge in [0.1, 0.15) is 0 Å². The lowest BCUT2D eigenvalue weighted by molar-refractivity contribution is 0.199. The molecule has 4 nitrogen and oxygen atoms in total. The normalized spacial score (nSPS) is 24.0. The Bertz CT molecular complexity index is 294. The summed E-state index contributed by atoms with van der Waals surface area (Å²) < 4.78 is 0. The minimum Gasteiger partial charge on any atom is -0.312 e. The van der Waals surface area contributed by atoms with Crippen molar-refractivity contribution in [3.05, 3.63) is 17.5 Å². The Labute approximate surface area is 84.7 Å². The van der Waals surface area contributed by atoms with Crippen molar-refractivity contribution in [1.82, 2.24) is 20.4 Å². The van der Waals surface area contributed by atoms with E-state index in [0.29, 0.717) is 6.04 Å². The quantitative estimate of drug-likeness (QED) is 0.721. The molecule has 4 heteroatoms. The second-order valence-electron chi connectivity index (χ2n) is 4.11. The summed E-state index contributed by atoms with van der Waals surface area (Å²) in [6, 6.07) is 0.607. The van der Waals surface area contributed by atoms with Gasteiger partial charge in [-0.2, -0.15) is 5.10 Å². The number of nitrogens with one attached hydrogen (secondary N) is 2. The molecule has 1 atom stereocenters. The number of rotatable bonds is 2. The summed E-state index contributed by atoms with van der Waals surface area (Å²) in [5.74, 6) is 0. The molecule has 0 spiro atoms. The standard InChI is InChI=1S/C10H18N4/c1-8-6-14(4-3-11-8)7-10-5-12-13-9(10)2/h5,8,11H,3-4,6-7H2,1-2H3,(H,12,13)/t8-/m1/s1. The Hall–Kier alpha value is -0.870. The maximum Gasteiger partial charge on any atom is 0.0535 e. The molecule has 0 saturated carbocycles. The molecule has 14 heavy (non-hydrogen) atoms. The van der Waals surface area contributed by atoms with Crippen molar-refractivity contribution < 1.29 is 0 Å². The topological polar surface area (TPSA) is 44.0 Å². The van der Waals surface area contributed by atoms with E-state index in [2.05, 4.69) is 34.3 Å². The van der Waals surface area contributed by atoms with Crippen LogP contribution in [0.5, 0.6) is 0 Å². The Morgan fingerprint density at radius 1 is 1.64 bits per heavy atom. The third kappa shape index (κ3) is 2.13. The van der Waals surface area contributed by atoms with Crippen LogP contribution in [0.4, 0.5) is 0 Å². The number of aromatic amines is 1. The van der Waals surface area contributed by atoms with Crippen LogP contribution >= 0.6 is 0 Å². The van der Waals surface area contributed by atoms with Crippen LogP contribution in [-0.4, -0.2) is 40.8 Å². The van der Waals surface area contributed by atoms with Gasteiger partial charge in [-0.05, 0) is 13.8 Å². The van der Waals surface area contributed by atoms with Gasteiger partial charge in [-0.25, -0.2) is 0 Å². The van der Waals surface area contributed by atoms with Gasteiger partial charge in [0.25, 0.3) is 0 Å². The van der Waals surface area contributed by atoms with Gasteiger partial charge in [0, 0.05) is 43.5 Å². The van der Waals surface area contributed by atoms with Gasteiger partial charge in [-0.15, -0.1) is 0 Å². The second kappa shape index (κ2) is 4.11. The molecule has 0 unspecified atom stereocenters. The molecule has 1 aliphatic rings. The monoisotopic (exact) mass is 194 g/mol. The molecular formula is C10H18N4. The van der Waals surface area contributed by atoms with E-state index in [1.807, 2.05) is 6.20 Å². The van der Waals surface area contributed by atoms with E-state index in [1.54, 1.807) is 0 Å². The van der Waals surface area contributed by atoms with Crippen molar-refractivity contribution in [2.45, 2.75) is 26.4 Å². The van der Waals surface area contributed by atoms with Gasteiger partial charge >= 0.3 is 0 Å². The molecular weight excluding hydrogens is 176 g/mol. The zero-order valence-electron chi connectivity index (χ0n) is 8.88. The largest absolute Gasteiger partial charge is 0.312 e. The number of aryl methyl sites for hydroxylation is 1. The SMILES string of the molecule is Cc1[nH]ncc1CN1CCN[C@H](C)C1. The van der Waals surface area contributed by atoms with Crippen LogP contribution in [0.2, 0.25) is 0 Å². The first-order valence-corrected chi connectivity index (χ1v) is 5.20. The summed E-state index contributed by atoms with van der Waals surface area (Å²) in [4.78, 5) is 2.47. The zero-order chi connectivity index (χ0) is 9.97. The lowest BCUT2D eigenvalue weighted by atomic mass is 10.2. The van der Waals surface area contributed by atoms with Gasteiger partial charge < -0.3 is 5.32 Å². The third-order valence-corrected chi connectivity index (χ3v) is 2.78. The predicted molar refractivity (Wildman–Crippen MR) is 56.1 cm³/mol. The Balaban J connectivity index is 1.94. The summed E-state index contributed by atoms with van der Waals surface area (Å²) in [5, 5.41) is 10.5. The van der Waals surface area contributed by atoms with E-state index < -0.39 is 0 Å². The van der Waals surface area contributed by atoms with Crippen molar-refractivity contribution in [3.8, 4) is 0 Å². The third-order valence-electron chi connectivity index (χ3n) is 2.78. The van der Waals surface area contributed by atoms with E-state index in [1.165, 1.54) is 11.3 Å². The molecule has 78 valence electrons. The van der Waals surface area contributed by atoms with Crippen LogP contribution < -0.4 is 5.32 Å². The number of aromatic nitrogens is 2. The van der Waals surface area contributed by atoms with E-state index in [9.17, 15) is 0 Å². The summed E-state index contributed by atoms with van der Waals surface area (Å²) in [5.41, 5.74) is 2.51. The smallest absolute Gasteiger partial charge is 0.0535 e. The average Bonchev–Trinajstić information content (AvgIpc) is 2.52. The van der Waals surface area contributed by atoms with Gasteiger partial charge in [-0.3, -0.25) is 10.00 Å². The molecule has 0 aliphatic carbocycles. The van der Waals surface area contributed by atoms with Crippen LogP contribution in [0.15, 0.2) is 6.20 Å². The van der Waals surface area contributed by atoms with Crippen LogP contribution in [-0.2, 0) is 6.54 Å². The fourth-order valence-electron chi connectivity index (χ4n) is 1.93. The highest BCUT2D eigenvalue weighted by Gasteiger charge is 2.16. The highest BCUT2D eigenvalue weighted by atomic mass is 15.2. The molecule has 1 fully saturated rings. The summed E-state index contributed by atoms with van der Waals surface area (Å²) in [6.07, 6.45) is 1.93. The first kappa shape index (κ1) is 9.68. The lowest BCUT2D eigenvalue weighted by Crippen LogP contribution is -2.48. The van der Waals surface area contributed by atoms with Crippen molar-refractivity contribution in [1.29, 1.82) is 0 Å². The minimum absolute atomic E-state index is 0.607. The maximum absolute atomic E-state index is 4.04. The van der Waals surface area contributed by atoms with Gasteiger partial charge in [0.15, 0.2) is 0 Å². The predicted octanol–water partition coefficient (Wildman–Crippen LogP) is 0.512. The molecule has 1 saturated heterocycles. The van der Waals surface area contributed by atoms with E-state index in [-0.39, 0.29) is 0 Å². The highest BCUT2D eigenvalue weighted by molar-refractivity contribution is 5.14. The fraction of sp³-hybridized carbons (Fsp3) is 0.700. The first-order chi connectivity index (χ1) is 6.75. The number of H-pyrrole nitrogens is 1. The number of nitrogens with zero attached hydrogens (tertiary/aromatic N) is 2. The van der Waals surface area contributed by atoms with Gasteiger partial charge in [-0.1, -0.05) is 0 Å². The molecule has 2 rings (SSSR count). The first-order valence-electron chi connectivity index (χ1n) is 5.20. The van der Waals surface area contributed by atoms with Crippen molar-refractivity contribution in [2.24, 2.45) is 0 Å². The number of piperazine rings is 1. The lowest BCUT2D eigenvalue weighted by Gasteiger charge is -2.31. The van der Waals surface area contributed by atoms with Crippen LogP contribution in [0.3, 0.4) is 0 Å². The molecule has 1 aromatic rings. The molecule has 1 aliphatic heterocycles. The van der Waals surface area contributed by atoms with Crippen LogP contribution in [0.1, 0.15) is 18.2 Å². The number of hydrogen-bond donors (Lipinski definition) is 2. The molecule has 2 N–H and O–H groups in total. The zero-order valence-corrected chi connectivity index (χ0v) is 8.88. The van der Waals surface area contributed by atoms with Crippen molar-refractivity contribution in [3.63, 3.8) is 0 Å².